The lowest BCUT2D eigenvalue weighted by Crippen LogP contribution is -2.10. The number of hydrogen-bond donors (Lipinski definition) is 0. The molecule has 0 N–H and O–H groups in total. The van der Waals surface area contributed by atoms with Crippen LogP contribution in [0.15, 0.2) is 148 Å². The predicted molar refractivity (Wildman–Crippen MR) is 186 cm³/mol. The SMILES string of the molecule is c1ccc2c(c1)oc1cc(N(c3ccc4c(c3)sc3ccccc34)c3cccc4c3ccc3oc5ccccc5c34)ccc12. The van der Waals surface area contributed by atoms with E-state index in [0.717, 1.165) is 66.3 Å². The fraction of sp³-hybridized carbons (Fsp3) is 0. The molecule has 0 aliphatic heterocycles. The lowest BCUT2D eigenvalue weighted by molar-refractivity contribution is 0.668. The highest BCUT2D eigenvalue weighted by atomic mass is 32.1. The Labute approximate surface area is 255 Å². The van der Waals surface area contributed by atoms with Crippen LogP contribution in [0.2, 0.25) is 0 Å². The Hall–Kier alpha value is -5.58. The molecule has 0 atom stereocenters. The summed E-state index contributed by atoms with van der Waals surface area (Å²) in [5.74, 6) is 0. The Morgan fingerprint density at radius 3 is 1.89 bits per heavy atom. The first kappa shape index (κ1) is 23.9. The van der Waals surface area contributed by atoms with E-state index in [0.29, 0.717) is 0 Å². The number of fused-ring (bicyclic) bond motifs is 11. The predicted octanol–water partition coefficient (Wildman–Crippen LogP) is 12.5. The lowest BCUT2D eigenvalue weighted by Gasteiger charge is -2.27. The van der Waals surface area contributed by atoms with Gasteiger partial charge in [-0.05, 0) is 66.0 Å². The lowest BCUT2D eigenvalue weighted by atomic mass is 10.0. The minimum Gasteiger partial charge on any atom is -0.456 e. The van der Waals surface area contributed by atoms with E-state index < -0.39 is 0 Å². The van der Waals surface area contributed by atoms with Crippen molar-refractivity contribution in [1.82, 2.24) is 0 Å². The summed E-state index contributed by atoms with van der Waals surface area (Å²) in [5.41, 5.74) is 6.83. The summed E-state index contributed by atoms with van der Waals surface area (Å²) in [6.45, 7) is 0. The standard InChI is InChI=1S/C40H23NO2S/c1-4-13-34-27(8-1)28-18-16-24(22-37(28)43-34)41(25-17-19-30-29-9-3-6-15-38(29)44-39(30)23-25)33-12-7-11-31-26(33)20-21-36-40(31)32-10-2-5-14-35(32)42-36/h1-23H. The van der Waals surface area contributed by atoms with Crippen molar-refractivity contribution in [3.63, 3.8) is 0 Å². The summed E-state index contributed by atoms with van der Waals surface area (Å²) in [6, 6.07) is 49.5. The molecule has 0 saturated heterocycles. The third-order valence-electron chi connectivity index (χ3n) is 8.86. The molecule has 0 spiro atoms. The highest BCUT2D eigenvalue weighted by Gasteiger charge is 2.20. The van der Waals surface area contributed by atoms with Crippen LogP contribution in [0.1, 0.15) is 0 Å². The van der Waals surface area contributed by atoms with Crippen LogP contribution in [-0.2, 0) is 0 Å². The Bertz CT molecular complexity index is 2630. The average molecular weight is 582 g/mol. The Morgan fingerprint density at radius 1 is 0.386 bits per heavy atom. The van der Waals surface area contributed by atoms with Crippen LogP contribution in [0.25, 0.3) is 74.8 Å². The fourth-order valence-corrected chi connectivity index (χ4v) is 8.03. The van der Waals surface area contributed by atoms with Gasteiger partial charge in [-0.1, -0.05) is 72.8 Å². The first-order valence-electron chi connectivity index (χ1n) is 14.8. The van der Waals surface area contributed by atoms with E-state index in [1.165, 1.54) is 25.6 Å². The highest BCUT2D eigenvalue weighted by molar-refractivity contribution is 7.25. The Morgan fingerprint density at radius 2 is 1.00 bits per heavy atom. The van der Waals surface area contributed by atoms with E-state index in [-0.39, 0.29) is 0 Å². The van der Waals surface area contributed by atoms with E-state index in [1.54, 1.807) is 0 Å². The molecule has 0 saturated carbocycles. The Kier molecular flexibility index (Phi) is 4.87. The van der Waals surface area contributed by atoms with E-state index in [2.05, 4.69) is 120 Å². The van der Waals surface area contributed by atoms with E-state index >= 15 is 0 Å². The van der Waals surface area contributed by atoms with E-state index in [9.17, 15) is 0 Å². The minimum absolute atomic E-state index is 0.875. The molecule has 44 heavy (non-hydrogen) atoms. The fourth-order valence-electron chi connectivity index (χ4n) is 6.89. The smallest absolute Gasteiger partial charge is 0.137 e. The maximum Gasteiger partial charge on any atom is 0.137 e. The van der Waals surface area contributed by atoms with Crippen LogP contribution in [0.3, 0.4) is 0 Å². The third-order valence-corrected chi connectivity index (χ3v) is 9.99. The van der Waals surface area contributed by atoms with Gasteiger partial charge in [-0.25, -0.2) is 0 Å². The molecular formula is C40H23NO2S. The van der Waals surface area contributed by atoms with Gasteiger partial charge in [-0.3, -0.25) is 0 Å². The van der Waals surface area contributed by atoms with Crippen molar-refractivity contribution in [2.24, 2.45) is 0 Å². The van der Waals surface area contributed by atoms with Crippen molar-refractivity contribution in [3.05, 3.63) is 140 Å². The van der Waals surface area contributed by atoms with Gasteiger partial charge in [0.2, 0.25) is 0 Å². The monoisotopic (exact) mass is 581 g/mol. The maximum absolute atomic E-state index is 6.37. The number of hydrogen-bond acceptors (Lipinski definition) is 4. The molecule has 10 aromatic rings. The Balaban J connectivity index is 1.27. The molecule has 0 unspecified atom stereocenters. The van der Waals surface area contributed by atoms with Gasteiger partial charge in [0, 0.05) is 64.5 Å². The molecule has 0 bridgehead atoms. The van der Waals surface area contributed by atoms with Crippen molar-refractivity contribution < 1.29 is 8.83 Å². The van der Waals surface area contributed by atoms with Gasteiger partial charge >= 0.3 is 0 Å². The number of nitrogens with zero attached hydrogens (tertiary/aromatic N) is 1. The van der Waals surface area contributed by atoms with Crippen LogP contribution in [0.4, 0.5) is 17.1 Å². The first-order valence-corrected chi connectivity index (χ1v) is 15.6. The number of anilines is 3. The molecule has 10 rings (SSSR count). The zero-order chi connectivity index (χ0) is 28.8. The van der Waals surface area contributed by atoms with Gasteiger partial charge in [0.25, 0.3) is 0 Å². The topological polar surface area (TPSA) is 29.5 Å². The van der Waals surface area contributed by atoms with Crippen molar-refractivity contribution in [3.8, 4) is 0 Å². The van der Waals surface area contributed by atoms with Gasteiger partial charge < -0.3 is 13.7 Å². The zero-order valence-corrected chi connectivity index (χ0v) is 24.3. The number of thiophene rings is 1. The number of rotatable bonds is 3. The number of benzene rings is 7. The zero-order valence-electron chi connectivity index (χ0n) is 23.5. The molecule has 4 heteroatoms. The number of furan rings is 2. The summed E-state index contributed by atoms with van der Waals surface area (Å²) in [4.78, 5) is 2.37. The molecule has 0 fully saturated rings. The van der Waals surface area contributed by atoms with Gasteiger partial charge in [0.05, 0.1) is 5.69 Å². The molecule has 0 aliphatic rings. The van der Waals surface area contributed by atoms with Crippen LogP contribution < -0.4 is 4.90 Å². The van der Waals surface area contributed by atoms with E-state index in [1.807, 2.05) is 35.6 Å². The van der Waals surface area contributed by atoms with Crippen LogP contribution in [-0.4, -0.2) is 0 Å². The molecule has 0 aliphatic carbocycles. The number of para-hydroxylation sites is 2. The summed E-state index contributed by atoms with van der Waals surface area (Å²) < 4.78 is 15.2. The van der Waals surface area contributed by atoms with Crippen LogP contribution >= 0.6 is 11.3 Å². The van der Waals surface area contributed by atoms with E-state index in [4.69, 9.17) is 8.83 Å². The summed E-state index contributed by atoms with van der Waals surface area (Å²) in [6.07, 6.45) is 0. The van der Waals surface area contributed by atoms with Gasteiger partial charge in [0.15, 0.2) is 0 Å². The summed E-state index contributed by atoms with van der Waals surface area (Å²) in [5, 5.41) is 9.44. The van der Waals surface area contributed by atoms with Crippen molar-refractivity contribution in [2.75, 3.05) is 4.90 Å². The quantitative estimate of drug-likeness (QED) is 0.208. The molecule has 0 radical (unpaired) electrons. The highest BCUT2D eigenvalue weighted by Crippen LogP contribution is 2.45. The molecule has 3 nitrogen and oxygen atoms in total. The molecule has 206 valence electrons. The van der Waals surface area contributed by atoms with Gasteiger partial charge in [0.1, 0.15) is 22.3 Å². The first-order chi connectivity index (χ1) is 21.8. The molecular weight excluding hydrogens is 559 g/mol. The van der Waals surface area contributed by atoms with Crippen LogP contribution in [0, 0.1) is 0 Å². The second kappa shape index (κ2) is 8.96. The van der Waals surface area contributed by atoms with Crippen LogP contribution in [0.5, 0.6) is 0 Å². The average Bonchev–Trinajstić information content (AvgIpc) is 3.75. The molecule has 7 aromatic carbocycles. The molecule has 3 heterocycles. The maximum atomic E-state index is 6.37. The second-order valence-electron chi connectivity index (χ2n) is 11.3. The third kappa shape index (κ3) is 3.37. The van der Waals surface area contributed by atoms with Crippen molar-refractivity contribution >= 4 is 103 Å². The van der Waals surface area contributed by atoms with Crippen molar-refractivity contribution in [2.45, 2.75) is 0 Å². The second-order valence-corrected chi connectivity index (χ2v) is 12.4. The largest absolute Gasteiger partial charge is 0.456 e. The van der Waals surface area contributed by atoms with Crippen molar-refractivity contribution in [1.29, 1.82) is 0 Å². The summed E-state index contributed by atoms with van der Waals surface area (Å²) >= 11 is 1.84. The van der Waals surface area contributed by atoms with Gasteiger partial charge in [-0.15, -0.1) is 11.3 Å². The minimum atomic E-state index is 0.875. The normalized spacial score (nSPS) is 12.1. The summed E-state index contributed by atoms with van der Waals surface area (Å²) in [7, 11) is 0. The molecule has 3 aromatic heterocycles. The molecule has 0 amide bonds. The van der Waals surface area contributed by atoms with Gasteiger partial charge in [-0.2, -0.15) is 0 Å².